The van der Waals surface area contributed by atoms with Crippen LogP contribution in [0, 0.1) is 0 Å². The monoisotopic (exact) mass is 234 g/mol. The van der Waals surface area contributed by atoms with Crippen molar-refractivity contribution in [1.29, 1.82) is 0 Å². The molecule has 0 aromatic heterocycles. The highest BCUT2D eigenvalue weighted by Crippen LogP contribution is 2.24. The maximum atomic E-state index is 11.4. The summed E-state index contributed by atoms with van der Waals surface area (Å²) < 4.78 is 0. The molecule has 0 bridgehead atoms. The number of nitrogens with zero attached hydrogens (tertiary/aromatic N) is 2. The van der Waals surface area contributed by atoms with E-state index in [-0.39, 0.29) is 0 Å². The van der Waals surface area contributed by atoms with E-state index >= 15 is 0 Å². The van der Waals surface area contributed by atoms with Crippen LogP contribution in [-0.2, 0) is 0 Å². The summed E-state index contributed by atoms with van der Waals surface area (Å²) in [5.41, 5.74) is 13.2. The highest BCUT2D eigenvalue weighted by atomic mass is 16.1. The first-order valence-corrected chi connectivity index (χ1v) is 5.71. The second-order valence-electron chi connectivity index (χ2n) is 4.43. The molecule has 0 spiro atoms. The number of benzene rings is 1. The smallest absolute Gasteiger partial charge is 0.250 e. The highest BCUT2D eigenvalue weighted by molar-refractivity contribution is 5.99. The van der Waals surface area contributed by atoms with Crippen molar-refractivity contribution in [1.82, 2.24) is 4.90 Å². The lowest BCUT2D eigenvalue weighted by molar-refractivity contribution is 0.100. The highest BCUT2D eigenvalue weighted by Gasteiger charge is 2.19. The Morgan fingerprint density at radius 2 is 1.88 bits per heavy atom. The van der Waals surface area contributed by atoms with Crippen LogP contribution in [0.15, 0.2) is 18.2 Å². The number of likely N-dealkylation sites (N-methyl/N-ethyl adjacent to an activating group) is 1. The number of hydrogen-bond donors (Lipinski definition) is 2. The Bertz CT molecular complexity index is 425. The predicted octanol–water partition coefficient (Wildman–Crippen LogP) is 0.119. The molecule has 5 nitrogen and oxygen atoms in total. The van der Waals surface area contributed by atoms with E-state index < -0.39 is 5.91 Å². The Morgan fingerprint density at radius 3 is 2.47 bits per heavy atom. The average molecular weight is 234 g/mol. The molecule has 0 atom stereocenters. The molecule has 92 valence electrons. The molecule has 1 amide bonds. The predicted molar refractivity (Wildman–Crippen MR) is 69.1 cm³/mol. The SMILES string of the molecule is CN1CCN(c2cc(N)ccc2C(N)=O)CC1. The largest absolute Gasteiger partial charge is 0.399 e. The molecular formula is C12H18N4O. The lowest BCUT2D eigenvalue weighted by atomic mass is 10.1. The van der Waals surface area contributed by atoms with Gasteiger partial charge in [0, 0.05) is 31.9 Å². The molecule has 1 aliphatic heterocycles. The van der Waals surface area contributed by atoms with Gasteiger partial charge in [-0.3, -0.25) is 4.79 Å². The van der Waals surface area contributed by atoms with Gasteiger partial charge in [0.25, 0.3) is 5.91 Å². The Kier molecular flexibility index (Phi) is 3.19. The molecule has 1 aromatic carbocycles. The van der Waals surface area contributed by atoms with E-state index in [1.54, 1.807) is 12.1 Å². The lowest BCUT2D eigenvalue weighted by Crippen LogP contribution is -2.45. The Morgan fingerprint density at radius 1 is 1.24 bits per heavy atom. The molecule has 1 fully saturated rings. The van der Waals surface area contributed by atoms with Gasteiger partial charge >= 0.3 is 0 Å². The second kappa shape index (κ2) is 4.63. The van der Waals surface area contributed by atoms with Crippen molar-refractivity contribution in [2.24, 2.45) is 5.73 Å². The van der Waals surface area contributed by atoms with Gasteiger partial charge in [-0.15, -0.1) is 0 Å². The van der Waals surface area contributed by atoms with Crippen LogP contribution in [0.1, 0.15) is 10.4 Å². The summed E-state index contributed by atoms with van der Waals surface area (Å²) in [6.07, 6.45) is 0. The number of amides is 1. The van der Waals surface area contributed by atoms with Gasteiger partial charge in [0.2, 0.25) is 0 Å². The summed E-state index contributed by atoms with van der Waals surface area (Å²) in [7, 11) is 2.09. The van der Waals surface area contributed by atoms with Crippen LogP contribution < -0.4 is 16.4 Å². The number of rotatable bonds is 2. The fourth-order valence-electron chi connectivity index (χ4n) is 2.07. The van der Waals surface area contributed by atoms with Gasteiger partial charge in [-0.25, -0.2) is 0 Å². The molecule has 17 heavy (non-hydrogen) atoms. The summed E-state index contributed by atoms with van der Waals surface area (Å²) in [6.45, 7) is 3.74. The third kappa shape index (κ3) is 2.50. The summed E-state index contributed by atoms with van der Waals surface area (Å²) in [5, 5.41) is 0. The van der Waals surface area contributed by atoms with Crippen LogP contribution in [0.4, 0.5) is 11.4 Å². The van der Waals surface area contributed by atoms with E-state index in [1.807, 2.05) is 6.07 Å². The minimum atomic E-state index is -0.404. The molecule has 0 unspecified atom stereocenters. The zero-order valence-electron chi connectivity index (χ0n) is 10.0. The number of piperazine rings is 1. The zero-order valence-corrected chi connectivity index (χ0v) is 10.0. The number of anilines is 2. The topological polar surface area (TPSA) is 75.6 Å². The van der Waals surface area contributed by atoms with Crippen LogP contribution >= 0.6 is 0 Å². The summed E-state index contributed by atoms with van der Waals surface area (Å²) >= 11 is 0. The van der Waals surface area contributed by atoms with Crippen molar-refractivity contribution in [3.63, 3.8) is 0 Å². The van der Waals surface area contributed by atoms with Gasteiger partial charge in [-0.2, -0.15) is 0 Å². The summed E-state index contributed by atoms with van der Waals surface area (Å²) in [6, 6.07) is 5.23. The Hall–Kier alpha value is -1.75. The van der Waals surface area contributed by atoms with Crippen LogP contribution in [-0.4, -0.2) is 44.0 Å². The number of carbonyl (C=O) groups excluding carboxylic acids is 1. The van der Waals surface area contributed by atoms with Gasteiger partial charge in [-0.05, 0) is 25.2 Å². The molecule has 0 aliphatic carbocycles. The van der Waals surface area contributed by atoms with Gasteiger partial charge in [0.1, 0.15) is 0 Å². The van der Waals surface area contributed by atoms with E-state index in [2.05, 4.69) is 16.8 Å². The molecule has 1 heterocycles. The molecule has 0 saturated carbocycles. The van der Waals surface area contributed by atoms with Crippen LogP contribution in [0.3, 0.4) is 0 Å². The zero-order chi connectivity index (χ0) is 12.4. The third-order valence-corrected chi connectivity index (χ3v) is 3.13. The van der Waals surface area contributed by atoms with Gasteiger partial charge in [0.05, 0.1) is 11.3 Å². The van der Waals surface area contributed by atoms with Crippen LogP contribution in [0.5, 0.6) is 0 Å². The van der Waals surface area contributed by atoms with E-state index in [0.717, 1.165) is 31.9 Å². The third-order valence-electron chi connectivity index (χ3n) is 3.13. The minimum Gasteiger partial charge on any atom is -0.399 e. The molecule has 5 heteroatoms. The van der Waals surface area contributed by atoms with E-state index in [4.69, 9.17) is 11.5 Å². The lowest BCUT2D eigenvalue weighted by Gasteiger charge is -2.34. The van der Waals surface area contributed by atoms with Gasteiger partial charge < -0.3 is 21.3 Å². The van der Waals surface area contributed by atoms with Gasteiger partial charge in [0.15, 0.2) is 0 Å². The molecule has 1 saturated heterocycles. The number of nitrogens with two attached hydrogens (primary N) is 2. The number of hydrogen-bond acceptors (Lipinski definition) is 4. The normalized spacial score (nSPS) is 17.1. The van der Waals surface area contributed by atoms with Crippen molar-refractivity contribution in [2.45, 2.75) is 0 Å². The number of primary amides is 1. The summed E-state index contributed by atoms with van der Waals surface area (Å²) in [4.78, 5) is 15.8. The van der Waals surface area contributed by atoms with E-state index in [0.29, 0.717) is 11.3 Å². The molecule has 1 aromatic rings. The maximum Gasteiger partial charge on any atom is 0.250 e. The van der Waals surface area contributed by atoms with Crippen molar-refractivity contribution in [3.05, 3.63) is 23.8 Å². The minimum absolute atomic E-state index is 0.404. The van der Waals surface area contributed by atoms with Gasteiger partial charge in [-0.1, -0.05) is 0 Å². The van der Waals surface area contributed by atoms with Crippen molar-refractivity contribution in [2.75, 3.05) is 43.9 Å². The first kappa shape index (κ1) is 11.7. The molecule has 2 rings (SSSR count). The van der Waals surface area contributed by atoms with Crippen LogP contribution in [0.2, 0.25) is 0 Å². The Labute approximate surface area is 101 Å². The van der Waals surface area contributed by atoms with Crippen molar-refractivity contribution in [3.8, 4) is 0 Å². The Balaban J connectivity index is 2.30. The van der Waals surface area contributed by atoms with E-state index in [1.165, 1.54) is 0 Å². The second-order valence-corrected chi connectivity index (χ2v) is 4.43. The molecular weight excluding hydrogens is 216 g/mol. The first-order chi connectivity index (χ1) is 8.08. The fourth-order valence-corrected chi connectivity index (χ4v) is 2.07. The average Bonchev–Trinajstić information content (AvgIpc) is 2.29. The maximum absolute atomic E-state index is 11.4. The molecule has 4 N–H and O–H groups in total. The summed E-state index contributed by atoms with van der Waals surface area (Å²) in [5.74, 6) is -0.404. The quantitative estimate of drug-likeness (QED) is 0.713. The molecule has 0 radical (unpaired) electrons. The number of carbonyl (C=O) groups is 1. The van der Waals surface area contributed by atoms with Crippen molar-refractivity contribution >= 4 is 17.3 Å². The first-order valence-electron chi connectivity index (χ1n) is 5.71. The van der Waals surface area contributed by atoms with E-state index in [9.17, 15) is 4.79 Å². The van der Waals surface area contributed by atoms with Crippen LogP contribution in [0.25, 0.3) is 0 Å². The fraction of sp³-hybridized carbons (Fsp3) is 0.417. The number of nitrogen functional groups attached to an aromatic ring is 1. The van der Waals surface area contributed by atoms with Crippen molar-refractivity contribution < 1.29 is 4.79 Å². The molecule has 1 aliphatic rings. The standard InChI is InChI=1S/C12H18N4O/c1-15-4-6-16(7-5-15)11-8-9(13)2-3-10(11)12(14)17/h2-3,8H,4-7,13H2,1H3,(H2,14,17).